The molecule has 2 aromatic rings. The quantitative estimate of drug-likeness (QED) is 0.866. The molecule has 21 heavy (non-hydrogen) atoms. The monoisotopic (exact) mass is 379 g/mol. The highest BCUT2D eigenvalue weighted by Gasteiger charge is 2.25. The predicted octanol–water partition coefficient (Wildman–Crippen LogP) is 3.27. The summed E-state index contributed by atoms with van der Waals surface area (Å²) in [6.07, 6.45) is 1.39. The number of rotatable bonds is 5. The molecule has 114 valence electrons. The first-order valence-corrected chi connectivity index (χ1v) is 7.23. The molecule has 0 saturated carbocycles. The largest absolute Gasteiger partial charge is 0.383 e. The first kappa shape index (κ1) is 16.4. The van der Waals surface area contributed by atoms with Crippen LogP contribution in [0.2, 0.25) is 5.02 Å². The molecule has 0 fully saturated rings. The summed E-state index contributed by atoms with van der Waals surface area (Å²) in [7, 11) is 1.54. The van der Waals surface area contributed by atoms with E-state index >= 15 is 0 Å². The Bertz CT molecular complexity index is 627. The molecule has 1 aromatic heterocycles. The summed E-state index contributed by atoms with van der Waals surface area (Å²) in [5, 5.41) is 4.30. The Morgan fingerprint density at radius 3 is 2.62 bits per heavy atom. The number of benzene rings is 1. The van der Waals surface area contributed by atoms with Crippen molar-refractivity contribution in [1.29, 1.82) is 0 Å². The zero-order valence-corrected chi connectivity index (χ0v) is 13.5. The fraction of sp³-hybridized carbons (Fsp3) is 0.308. The number of methoxy groups -OCH3 is 1. The second kappa shape index (κ2) is 6.83. The van der Waals surface area contributed by atoms with Crippen molar-refractivity contribution in [3.05, 3.63) is 50.7 Å². The van der Waals surface area contributed by atoms with Crippen molar-refractivity contribution >= 4 is 27.5 Å². The summed E-state index contributed by atoms with van der Waals surface area (Å²) in [6.45, 7) is 0.759. The molecule has 0 saturated heterocycles. The number of hydrogen-bond acceptors (Lipinski definition) is 3. The number of halogens is 4. The van der Waals surface area contributed by atoms with Crippen LogP contribution in [0.15, 0.2) is 22.8 Å². The van der Waals surface area contributed by atoms with Gasteiger partial charge in [-0.3, -0.25) is 4.68 Å². The Morgan fingerprint density at radius 1 is 1.43 bits per heavy atom. The normalized spacial score (nSPS) is 12.7. The maximum Gasteiger partial charge on any atom is 0.132 e. The maximum absolute atomic E-state index is 14.0. The molecule has 0 aliphatic heterocycles. The second-order valence-electron chi connectivity index (χ2n) is 4.35. The van der Waals surface area contributed by atoms with E-state index in [-0.39, 0.29) is 10.6 Å². The van der Waals surface area contributed by atoms with Gasteiger partial charge >= 0.3 is 0 Å². The lowest BCUT2D eigenvalue weighted by atomic mass is 10.0. The SMILES string of the molecule is COCCn1ncc(Cl)c1C(N)c1c(F)cc(Br)cc1F. The first-order chi connectivity index (χ1) is 9.95. The average Bonchev–Trinajstić information content (AvgIpc) is 2.76. The Hall–Kier alpha value is -1.02. The third kappa shape index (κ3) is 3.42. The number of ether oxygens (including phenoxy) is 1. The van der Waals surface area contributed by atoms with Crippen molar-refractivity contribution in [2.24, 2.45) is 5.73 Å². The van der Waals surface area contributed by atoms with Crippen LogP contribution in [-0.4, -0.2) is 23.5 Å². The average molecular weight is 381 g/mol. The molecule has 1 atom stereocenters. The van der Waals surface area contributed by atoms with Gasteiger partial charge < -0.3 is 10.5 Å². The molecule has 1 unspecified atom stereocenters. The van der Waals surface area contributed by atoms with Crippen molar-refractivity contribution in [3.8, 4) is 0 Å². The molecule has 0 aliphatic carbocycles. The second-order valence-corrected chi connectivity index (χ2v) is 5.68. The standard InChI is InChI=1S/C13H13BrClF2N3O/c1-21-3-2-20-13(8(15)6-19-20)12(18)11-9(16)4-7(14)5-10(11)17/h4-6,12H,2-3,18H2,1H3. The van der Waals surface area contributed by atoms with Crippen LogP contribution in [0, 0.1) is 11.6 Å². The van der Waals surface area contributed by atoms with Crippen molar-refractivity contribution in [2.75, 3.05) is 13.7 Å². The molecule has 2 rings (SSSR count). The lowest BCUT2D eigenvalue weighted by molar-refractivity contribution is 0.182. The molecule has 1 heterocycles. The predicted molar refractivity (Wildman–Crippen MR) is 79.2 cm³/mol. The minimum absolute atomic E-state index is 0.250. The lowest BCUT2D eigenvalue weighted by Gasteiger charge is -2.17. The van der Waals surface area contributed by atoms with Gasteiger partial charge in [0.15, 0.2) is 0 Å². The van der Waals surface area contributed by atoms with Crippen LogP contribution in [0.3, 0.4) is 0 Å². The van der Waals surface area contributed by atoms with Gasteiger partial charge in [-0.05, 0) is 12.1 Å². The summed E-state index contributed by atoms with van der Waals surface area (Å²) in [6, 6.07) is 1.24. The molecule has 4 nitrogen and oxygen atoms in total. The van der Waals surface area contributed by atoms with Gasteiger partial charge in [0.05, 0.1) is 36.1 Å². The highest BCUT2D eigenvalue weighted by Crippen LogP contribution is 2.31. The van der Waals surface area contributed by atoms with E-state index in [1.54, 1.807) is 7.11 Å². The summed E-state index contributed by atoms with van der Waals surface area (Å²) >= 11 is 9.07. The smallest absolute Gasteiger partial charge is 0.132 e. The van der Waals surface area contributed by atoms with Crippen LogP contribution in [0.5, 0.6) is 0 Å². The Kier molecular flexibility index (Phi) is 5.32. The number of aromatic nitrogens is 2. The van der Waals surface area contributed by atoms with Gasteiger partial charge in [0.25, 0.3) is 0 Å². The number of nitrogens with zero attached hydrogens (tertiary/aromatic N) is 2. The minimum atomic E-state index is -1.06. The molecule has 0 spiro atoms. The third-order valence-corrected chi connectivity index (χ3v) is 3.74. The van der Waals surface area contributed by atoms with Gasteiger partial charge in [0.1, 0.15) is 11.6 Å². The summed E-state index contributed by atoms with van der Waals surface area (Å²) in [4.78, 5) is 0. The van der Waals surface area contributed by atoms with E-state index in [1.807, 2.05) is 0 Å². The van der Waals surface area contributed by atoms with Crippen LogP contribution in [0.4, 0.5) is 8.78 Å². The van der Waals surface area contributed by atoms with Gasteiger partial charge in [-0.15, -0.1) is 0 Å². The van der Waals surface area contributed by atoms with E-state index in [9.17, 15) is 8.78 Å². The fourth-order valence-corrected chi connectivity index (χ4v) is 2.68. The van der Waals surface area contributed by atoms with Gasteiger partial charge in [-0.1, -0.05) is 27.5 Å². The molecule has 8 heteroatoms. The minimum Gasteiger partial charge on any atom is -0.383 e. The van der Waals surface area contributed by atoms with Crippen molar-refractivity contribution in [3.63, 3.8) is 0 Å². The molecule has 0 radical (unpaired) electrons. The molecule has 0 amide bonds. The molecular weight excluding hydrogens is 368 g/mol. The first-order valence-electron chi connectivity index (χ1n) is 6.05. The van der Waals surface area contributed by atoms with Crippen molar-refractivity contribution < 1.29 is 13.5 Å². The lowest BCUT2D eigenvalue weighted by Crippen LogP contribution is -2.21. The fourth-order valence-electron chi connectivity index (χ4n) is 2.02. The van der Waals surface area contributed by atoms with E-state index in [4.69, 9.17) is 22.1 Å². The topological polar surface area (TPSA) is 53.1 Å². The molecule has 2 N–H and O–H groups in total. The van der Waals surface area contributed by atoms with E-state index in [0.29, 0.717) is 23.3 Å². The highest BCUT2D eigenvalue weighted by molar-refractivity contribution is 9.10. The van der Waals surface area contributed by atoms with E-state index in [1.165, 1.54) is 10.9 Å². The van der Waals surface area contributed by atoms with Gasteiger partial charge in [-0.25, -0.2) is 8.78 Å². The Balaban J connectivity index is 2.45. The maximum atomic E-state index is 14.0. The van der Waals surface area contributed by atoms with Gasteiger partial charge in [0.2, 0.25) is 0 Å². The molecule has 0 bridgehead atoms. The van der Waals surface area contributed by atoms with Crippen LogP contribution in [-0.2, 0) is 11.3 Å². The summed E-state index contributed by atoms with van der Waals surface area (Å²) < 4.78 is 34.8. The molecule has 1 aromatic carbocycles. The molecular formula is C13H13BrClF2N3O. The molecule has 0 aliphatic rings. The van der Waals surface area contributed by atoms with Crippen LogP contribution >= 0.6 is 27.5 Å². The summed E-state index contributed by atoms with van der Waals surface area (Å²) in [5.41, 5.74) is 6.10. The highest BCUT2D eigenvalue weighted by atomic mass is 79.9. The van der Waals surface area contributed by atoms with E-state index in [0.717, 1.165) is 12.1 Å². The van der Waals surface area contributed by atoms with Crippen molar-refractivity contribution in [2.45, 2.75) is 12.6 Å². The van der Waals surface area contributed by atoms with Gasteiger partial charge in [-0.2, -0.15) is 5.10 Å². The number of nitrogens with two attached hydrogens (primary N) is 1. The van der Waals surface area contributed by atoms with Crippen LogP contribution < -0.4 is 5.73 Å². The Labute approximate surface area is 134 Å². The van der Waals surface area contributed by atoms with Crippen LogP contribution in [0.25, 0.3) is 0 Å². The van der Waals surface area contributed by atoms with Gasteiger partial charge in [0, 0.05) is 17.1 Å². The van der Waals surface area contributed by atoms with E-state index < -0.39 is 17.7 Å². The Morgan fingerprint density at radius 2 is 2.05 bits per heavy atom. The number of hydrogen-bond donors (Lipinski definition) is 1. The van der Waals surface area contributed by atoms with Crippen molar-refractivity contribution in [1.82, 2.24) is 9.78 Å². The van der Waals surface area contributed by atoms with E-state index in [2.05, 4.69) is 21.0 Å². The zero-order valence-electron chi connectivity index (χ0n) is 11.1. The zero-order chi connectivity index (χ0) is 15.6. The third-order valence-electron chi connectivity index (χ3n) is 2.99. The summed E-state index contributed by atoms with van der Waals surface area (Å²) in [5.74, 6) is -1.49. The van der Waals surface area contributed by atoms with Crippen LogP contribution in [0.1, 0.15) is 17.3 Å².